The first kappa shape index (κ1) is 15.3. The number of hydrogen-bond donors (Lipinski definition) is 1. The summed E-state index contributed by atoms with van der Waals surface area (Å²) in [6.07, 6.45) is 13.3. The molecular formula is C17H33NO. The Bertz CT molecular complexity index is 250. The third kappa shape index (κ3) is 4.19. The standard InChI is InChI=1S/C17H33NO/c1-15-7-9-16(10-8-15)18(2)13-17(14-19)11-5-3-4-6-12-17/h15-16,19H,3-14H2,1-2H3. The zero-order valence-corrected chi connectivity index (χ0v) is 13.0. The first-order valence-corrected chi connectivity index (χ1v) is 8.46. The molecule has 19 heavy (non-hydrogen) atoms. The van der Waals surface area contributed by atoms with Gasteiger partial charge in [0, 0.05) is 24.6 Å². The summed E-state index contributed by atoms with van der Waals surface area (Å²) >= 11 is 0. The molecule has 0 atom stereocenters. The van der Waals surface area contributed by atoms with Crippen LogP contribution in [0.15, 0.2) is 0 Å². The van der Waals surface area contributed by atoms with Crippen molar-refractivity contribution in [2.45, 2.75) is 77.2 Å². The Kier molecular flexibility index (Phi) is 5.70. The highest BCUT2D eigenvalue weighted by atomic mass is 16.3. The molecule has 2 saturated carbocycles. The van der Waals surface area contributed by atoms with Gasteiger partial charge in [0.05, 0.1) is 0 Å². The van der Waals surface area contributed by atoms with Crippen LogP contribution >= 0.6 is 0 Å². The first-order valence-electron chi connectivity index (χ1n) is 8.46. The molecule has 0 aromatic carbocycles. The maximum atomic E-state index is 9.93. The average Bonchev–Trinajstić information content (AvgIpc) is 2.65. The number of hydrogen-bond acceptors (Lipinski definition) is 2. The first-order chi connectivity index (χ1) is 9.15. The third-order valence-corrected chi connectivity index (χ3v) is 5.69. The third-order valence-electron chi connectivity index (χ3n) is 5.69. The Hall–Kier alpha value is -0.0800. The van der Waals surface area contributed by atoms with Crippen LogP contribution in [0.3, 0.4) is 0 Å². The molecule has 2 aliphatic rings. The molecule has 0 heterocycles. The molecule has 2 nitrogen and oxygen atoms in total. The quantitative estimate of drug-likeness (QED) is 0.783. The van der Waals surface area contributed by atoms with Crippen molar-refractivity contribution in [1.82, 2.24) is 4.90 Å². The molecule has 0 unspecified atom stereocenters. The lowest BCUT2D eigenvalue weighted by atomic mass is 9.79. The van der Waals surface area contributed by atoms with Crippen molar-refractivity contribution in [2.75, 3.05) is 20.2 Å². The van der Waals surface area contributed by atoms with Crippen molar-refractivity contribution in [3.63, 3.8) is 0 Å². The van der Waals surface area contributed by atoms with Gasteiger partial charge in [-0.05, 0) is 51.5 Å². The lowest BCUT2D eigenvalue weighted by molar-refractivity contribution is 0.0429. The Labute approximate surface area is 119 Å². The lowest BCUT2D eigenvalue weighted by Gasteiger charge is -2.40. The van der Waals surface area contributed by atoms with Crippen molar-refractivity contribution in [2.24, 2.45) is 11.3 Å². The van der Waals surface area contributed by atoms with Crippen LogP contribution < -0.4 is 0 Å². The molecule has 0 spiro atoms. The molecule has 0 amide bonds. The van der Waals surface area contributed by atoms with Gasteiger partial charge < -0.3 is 10.0 Å². The van der Waals surface area contributed by atoms with Gasteiger partial charge in [0.25, 0.3) is 0 Å². The number of rotatable bonds is 4. The minimum Gasteiger partial charge on any atom is -0.396 e. The average molecular weight is 267 g/mol. The summed E-state index contributed by atoms with van der Waals surface area (Å²) < 4.78 is 0. The van der Waals surface area contributed by atoms with Crippen molar-refractivity contribution in [1.29, 1.82) is 0 Å². The normalized spacial score (nSPS) is 32.2. The molecule has 0 bridgehead atoms. The van der Waals surface area contributed by atoms with E-state index in [4.69, 9.17) is 0 Å². The van der Waals surface area contributed by atoms with Gasteiger partial charge in [0.15, 0.2) is 0 Å². The van der Waals surface area contributed by atoms with Gasteiger partial charge in [-0.25, -0.2) is 0 Å². The topological polar surface area (TPSA) is 23.5 Å². The van der Waals surface area contributed by atoms with Crippen LogP contribution in [0.5, 0.6) is 0 Å². The zero-order chi connectivity index (χ0) is 13.7. The predicted molar refractivity (Wildman–Crippen MR) is 81.3 cm³/mol. The van der Waals surface area contributed by atoms with Crippen LogP contribution in [0.2, 0.25) is 0 Å². The molecule has 0 radical (unpaired) electrons. The van der Waals surface area contributed by atoms with Crippen LogP contribution in [-0.2, 0) is 0 Å². The van der Waals surface area contributed by atoms with E-state index in [0.29, 0.717) is 6.61 Å². The second-order valence-corrected chi connectivity index (χ2v) is 7.40. The summed E-state index contributed by atoms with van der Waals surface area (Å²) in [5.74, 6) is 0.925. The molecule has 0 aromatic heterocycles. The Morgan fingerprint density at radius 1 is 1.00 bits per heavy atom. The molecule has 0 aliphatic heterocycles. The molecular weight excluding hydrogens is 234 g/mol. The fraction of sp³-hybridized carbons (Fsp3) is 1.00. The Morgan fingerprint density at radius 3 is 2.11 bits per heavy atom. The van der Waals surface area contributed by atoms with Crippen LogP contribution in [0.25, 0.3) is 0 Å². The highest BCUT2D eigenvalue weighted by molar-refractivity contribution is 4.86. The van der Waals surface area contributed by atoms with E-state index in [9.17, 15) is 5.11 Å². The van der Waals surface area contributed by atoms with E-state index in [0.717, 1.165) is 18.5 Å². The number of aliphatic hydroxyl groups excluding tert-OH is 1. The van der Waals surface area contributed by atoms with Crippen LogP contribution in [0, 0.1) is 11.3 Å². The summed E-state index contributed by atoms with van der Waals surface area (Å²) in [6, 6.07) is 0.767. The largest absolute Gasteiger partial charge is 0.396 e. The monoisotopic (exact) mass is 267 g/mol. The number of aliphatic hydroxyl groups is 1. The lowest BCUT2D eigenvalue weighted by Crippen LogP contribution is -2.44. The predicted octanol–water partition coefficient (Wildman–Crippen LogP) is 3.83. The molecule has 0 aromatic rings. The van der Waals surface area contributed by atoms with E-state index in [1.54, 1.807) is 0 Å². The minimum atomic E-state index is 0.203. The SMILES string of the molecule is CC1CCC(N(C)CC2(CO)CCCCCC2)CC1. The smallest absolute Gasteiger partial charge is 0.0499 e. The van der Waals surface area contributed by atoms with E-state index in [-0.39, 0.29) is 5.41 Å². The van der Waals surface area contributed by atoms with Gasteiger partial charge in [0.2, 0.25) is 0 Å². The molecule has 0 saturated heterocycles. The van der Waals surface area contributed by atoms with Crippen molar-refractivity contribution >= 4 is 0 Å². The van der Waals surface area contributed by atoms with Crippen LogP contribution in [0.1, 0.15) is 71.1 Å². The van der Waals surface area contributed by atoms with Gasteiger partial charge >= 0.3 is 0 Å². The Morgan fingerprint density at radius 2 is 1.58 bits per heavy atom. The van der Waals surface area contributed by atoms with Crippen molar-refractivity contribution < 1.29 is 5.11 Å². The molecule has 112 valence electrons. The zero-order valence-electron chi connectivity index (χ0n) is 13.0. The maximum absolute atomic E-state index is 9.93. The Balaban J connectivity index is 1.89. The summed E-state index contributed by atoms with van der Waals surface area (Å²) in [6.45, 7) is 3.89. The van der Waals surface area contributed by atoms with E-state index < -0.39 is 0 Å². The summed E-state index contributed by atoms with van der Waals surface area (Å²) in [5.41, 5.74) is 0.203. The maximum Gasteiger partial charge on any atom is 0.0499 e. The van der Waals surface area contributed by atoms with Crippen molar-refractivity contribution in [3.8, 4) is 0 Å². The fourth-order valence-corrected chi connectivity index (χ4v) is 4.19. The van der Waals surface area contributed by atoms with Gasteiger partial charge in [-0.15, -0.1) is 0 Å². The number of nitrogens with zero attached hydrogens (tertiary/aromatic N) is 1. The van der Waals surface area contributed by atoms with Gasteiger partial charge in [0.1, 0.15) is 0 Å². The van der Waals surface area contributed by atoms with Crippen molar-refractivity contribution in [3.05, 3.63) is 0 Å². The second-order valence-electron chi connectivity index (χ2n) is 7.40. The van der Waals surface area contributed by atoms with Crippen LogP contribution in [-0.4, -0.2) is 36.2 Å². The minimum absolute atomic E-state index is 0.203. The summed E-state index contributed by atoms with van der Waals surface area (Å²) in [4.78, 5) is 2.58. The molecule has 1 N–H and O–H groups in total. The van der Waals surface area contributed by atoms with E-state index in [2.05, 4.69) is 18.9 Å². The highest BCUT2D eigenvalue weighted by Gasteiger charge is 2.33. The fourth-order valence-electron chi connectivity index (χ4n) is 4.19. The van der Waals surface area contributed by atoms with Crippen LogP contribution in [0.4, 0.5) is 0 Å². The second kappa shape index (κ2) is 7.08. The van der Waals surface area contributed by atoms with Gasteiger partial charge in [-0.1, -0.05) is 32.6 Å². The summed E-state index contributed by atoms with van der Waals surface area (Å²) in [7, 11) is 2.29. The molecule has 2 aliphatic carbocycles. The van der Waals surface area contributed by atoms with Gasteiger partial charge in [-0.2, -0.15) is 0 Å². The van der Waals surface area contributed by atoms with E-state index >= 15 is 0 Å². The molecule has 2 fully saturated rings. The van der Waals surface area contributed by atoms with E-state index in [1.165, 1.54) is 64.2 Å². The summed E-state index contributed by atoms with van der Waals surface area (Å²) in [5, 5.41) is 9.93. The highest BCUT2D eigenvalue weighted by Crippen LogP contribution is 2.37. The van der Waals surface area contributed by atoms with Gasteiger partial charge in [-0.3, -0.25) is 0 Å². The molecule has 2 heteroatoms. The van der Waals surface area contributed by atoms with E-state index in [1.807, 2.05) is 0 Å². The molecule has 2 rings (SSSR count).